The van der Waals surface area contributed by atoms with Crippen LogP contribution in [0.3, 0.4) is 0 Å². The fraction of sp³-hybridized carbons (Fsp3) is 0.444. The van der Waals surface area contributed by atoms with Crippen molar-refractivity contribution >= 4 is 23.7 Å². The Labute approximate surface area is 91.8 Å². The van der Waals surface area contributed by atoms with Gasteiger partial charge in [-0.25, -0.2) is 9.97 Å². The minimum absolute atomic E-state index is 0.168. The summed E-state index contributed by atoms with van der Waals surface area (Å²) in [6, 6.07) is 0.190. The van der Waals surface area contributed by atoms with E-state index >= 15 is 0 Å². The van der Waals surface area contributed by atoms with E-state index in [1.54, 1.807) is 0 Å². The SMILES string of the molecule is O=Cc1c(Cl)ncnc1NC1CCOC1. The minimum Gasteiger partial charge on any atom is -0.379 e. The van der Waals surface area contributed by atoms with Gasteiger partial charge in [0.2, 0.25) is 0 Å². The van der Waals surface area contributed by atoms with Crippen molar-refractivity contribution in [3.05, 3.63) is 17.0 Å². The van der Waals surface area contributed by atoms with Crippen molar-refractivity contribution in [2.24, 2.45) is 0 Å². The molecule has 1 aliphatic heterocycles. The van der Waals surface area contributed by atoms with Crippen LogP contribution in [0.25, 0.3) is 0 Å². The molecule has 15 heavy (non-hydrogen) atoms. The van der Waals surface area contributed by atoms with E-state index in [0.29, 0.717) is 24.3 Å². The number of nitrogens with one attached hydrogen (secondary N) is 1. The van der Waals surface area contributed by atoms with E-state index in [4.69, 9.17) is 16.3 Å². The van der Waals surface area contributed by atoms with E-state index in [1.165, 1.54) is 6.33 Å². The molecule has 1 aromatic rings. The maximum atomic E-state index is 10.8. The van der Waals surface area contributed by atoms with E-state index in [2.05, 4.69) is 15.3 Å². The first-order valence-corrected chi connectivity index (χ1v) is 4.99. The zero-order valence-corrected chi connectivity index (χ0v) is 8.70. The van der Waals surface area contributed by atoms with Crippen LogP contribution in [0.2, 0.25) is 5.15 Å². The second-order valence-corrected chi connectivity index (χ2v) is 3.61. The zero-order chi connectivity index (χ0) is 10.7. The number of carbonyl (C=O) groups excluding carboxylic acids is 1. The average Bonchev–Trinajstić information content (AvgIpc) is 2.71. The molecule has 0 spiro atoms. The van der Waals surface area contributed by atoms with Crippen LogP contribution in [0.4, 0.5) is 5.82 Å². The molecule has 1 saturated heterocycles. The Morgan fingerprint density at radius 2 is 2.47 bits per heavy atom. The van der Waals surface area contributed by atoms with Gasteiger partial charge in [0, 0.05) is 6.61 Å². The number of aldehydes is 1. The first-order valence-electron chi connectivity index (χ1n) is 4.61. The third kappa shape index (κ3) is 2.24. The van der Waals surface area contributed by atoms with E-state index in [-0.39, 0.29) is 11.2 Å². The summed E-state index contributed by atoms with van der Waals surface area (Å²) in [5.74, 6) is 0.473. The Hall–Kier alpha value is -1.20. The summed E-state index contributed by atoms with van der Waals surface area (Å²) in [6.07, 6.45) is 2.88. The van der Waals surface area contributed by atoms with Gasteiger partial charge in [-0.2, -0.15) is 0 Å². The number of halogens is 1. The van der Waals surface area contributed by atoms with Gasteiger partial charge in [0.1, 0.15) is 17.3 Å². The minimum atomic E-state index is 0.168. The first-order chi connectivity index (χ1) is 7.31. The number of hydrogen-bond acceptors (Lipinski definition) is 5. The smallest absolute Gasteiger partial charge is 0.156 e. The Morgan fingerprint density at radius 1 is 1.60 bits per heavy atom. The van der Waals surface area contributed by atoms with Crippen molar-refractivity contribution in [2.45, 2.75) is 12.5 Å². The lowest BCUT2D eigenvalue weighted by molar-refractivity contribution is 0.112. The highest BCUT2D eigenvalue weighted by molar-refractivity contribution is 6.32. The summed E-state index contributed by atoms with van der Waals surface area (Å²) >= 11 is 5.76. The standard InChI is InChI=1S/C9H10ClN3O2/c10-8-7(3-14)9(12-5-11-8)13-6-1-2-15-4-6/h3,5-6H,1-2,4H2,(H,11,12,13). The first kappa shape index (κ1) is 10.3. The molecule has 1 N–H and O–H groups in total. The molecule has 2 rings (SSSR count). The molecule has 80 valence electrons. The van der Waals surface area contributed by atoms with E-state index < -0.39 is 0 Å². The van der Waals surface area contributed by atoms with Crippen molar-refractivity contribution < 1.29 is 9.53 Å². The van der Waals surface area contributed by atoms with Gasteiger partial charge in [0.05, 0.1) is 18.2 Å². The average molecular weight is 228 g/mol. The molecule has 0 radical (unpaired) electrons. The number of anilines is 1. The van der Waals surface area contributed by atoms with Gasteiger partial charge >= 0.3 is 0 Å². The zero-order valence-electron chi connectivity index (χ0n) is 7.94. The van der Waals surface area contributed by atoms with E-state index in [0.717, 1.165) is 13.0 Å². The number of rotatable bonds is 3. The number of ether oxygens (including phenoxy) is 1. The second kappa shape index (κ2) is 4.55. The molecule has 1 atom stereocenters. The number of nitrogens with zero attached hydrogens (tertiary/aromatic N) is 2. The van der Waals surface area contributed by atoms with Crippen LogP contribution in [0.1, 0.15) is 16.8 Å². The molecular formula is C9H10ClN3O2. The lowest BCUT2D eigenvalue weighted by Crippen LogP contribution is -2.21. The Morgan fingerprint density at radius 3 is 3.13 bits per heavy atom. The van der Waals surface area contributed by atoms with Crippen LogP contribution >= 0.6 is 11.6 Å². The highest BCUT2D eigenvalue weighted by Crippen LogP contribution is 2.19. The molecule has 0 saturated carbocycles. The maximum Gasteiger partial charge on any atom is 0.156 e. The quantitative estimate of drug-likeness (QED) is 0.620. The second-order valence-electron chi connectivity index (χ2n) is 3.25. The van der Waals surface area contributed by atoms with Crippen molar-refractivity contribution in [3.8, 4) is 0 Å². The van der Waals surface area contributed by atoms with Crippen molar-refractivity contribution in [3.63, 3.8) is 0 Å². The lowest BCUT2D eigenvalue weighted by Gasteiger charge is -2.12. The normalized spacial score (nSPS) is 20.2. The third-order valence-electron chi connectivity index (χ3n) is 2.22. The summed E-state index contributed by atoms with van der Waals surface area (Å²) < 4.78 is 5.21. The maximum absolute atomic E-state index is 10.8. The van der Waals surface area contributed by atoms with Crippen LogP contribution in [-0.4, -0.2) is 35.5 Å². The van der Waals surface area contributed by atoms with Crippen LogP contribution in [-0.2, 0) is 4.74 Å². The highest BCUT2D eigenvalue weighted by Gasteiger charge is 2.18. The molecule has 2 heterocycles. The number of carbonyl (C=O) groups is 1. The number of aromatic nitrogens is 2. The predicted molar refractivity (Wildman–Crippen MR) is 55.3 cm³/mol. The van der Waals surface area contributed by atoms with Gasteiger partial charge in [-0.15, -0.1) is 0 Å². The fourth-order valence-corrected chi connectivity index (χ4v) is 1.61. The van der Waals surface area contributed by atoms with E-state index in [9.17, 15) is 4.79 Å². The molecule has 1 unspecified atom stereocenters. The summed E-state index contributed by atoms with van der Waals surface area (Å²) in [6.45, 7) is 1.35. The molecule has 1 fully saturated rings. The molecule has 1 aliphatic rings. The highest BCUT2D eigenvalue weighted by atomic mass is 35.5. The summed E-state index contributed by atoms with van der Waals surface area (Å²) in [4.78, 5) is 18.5. The van der Waals surface area contributed by atoms with Gasteiger partial charge in [0.25, 0.3) is 0 Å². The fourth-order valence-electron chi connectivity index (χ4n) is 1.44. The van der Waals surface area contributed by atoms with Crippen molar-refractivity contribution in [1.82, 2.24) is 9.97 Å². The van der Waals surface area contributed by atoms with Crippen molar-refractivity contribution in [1.29, 1.82) is 0 Å². The Kier molecular flexibility index (Phi) is 3.13. The summed E-state index contributed by atoms with van der Waals surface area (Å²) in [5.41, 5.74) is 0.297. The molecular weight excluding hydrogens is 218 g/mol. The Bertz CT molecular complexity index is 366. The monoisotopic (exact) mass is 227 g/mol. The predicted octanol–water partition coefficient (Wildman–Crippen LogP) is 1.14. The van der Waals surface area contributed by atoms with Gasteiger partial charge < -0.3 is 10.1 Å². The molecule has 6 heteroatoms. The molecule has 5 nitrogen and oxygen atoms in total. The summed E-state index contributed by atoms with van der Waals surface area (Å²) in [7, 11) is 0. The van der Waals surface area contributed by atoms with Crippen LogP contribution < -0.4 is 5.32 Å². The van der Waals surface area contributed by atoms with E-state index in [1.807, 2.05) is 0 Å². The van der Waals surface area contributed by atoms with Gasteiger partial charge in [-0.1, -0.05) is 11.6 Å². The van der Waals surface area contributed by atoms with Crippen molar-refractivity contribution in [2.75, 3.05) is 18.5 Å². The van der Waals surface area contributed by atoms with Crippen LogP contribution in [0.5, 0.6) is 0 Å². The third-order valence-corrected chi connectivity index (χ3v) is 2.52. The number of hydrogen-bond donors (Lipinski definition) is 1. The van der Waals surface area contributed by atoms with Gasteiger partial charge in [-0.05, 0) is 6.42 Å². The Balaban J connectivity index is 2.19. The van der Waals surface area contributed by atoms with Crippen LogP contribution in [0, 0.1) is 0 Å². The van der Waals surface area contributed by atoms with Gasteiger partial charge in [-0.3, -0.25) is 4.79 Å². The van der Waals surface area contributed by atoms with Gasteiger partial charge in [0.15, 0.2) is 6.29 Å². The lowest BCUT2D eigenvalue weighted by atomic mass is 10.2. The molecule has 0 bridgehead atoms. The molecule has 0 amide bonds. The summed E-state index contributed by atoms with van der Waals surface area (Å²) in [5, 5.41) is 3.28. The molecule has 0 aromatic carbocycles. The largest absolute Gasteiger partial charge is 0.379 e. The van der Waals surface area contributed by atoms with Crippen LogP contribution in [0.15, 0.2) is 6.33 Å². The molecule has 1 aromatic heterocycles. The topological polar surface area (TPSA) is 64.1 Å². The molecule has 0 aliphatic carbocycles.